The van der Waals surface area contributed by atoms with E-state index in [0.717, 1.165) is 5.92 Å². The lowest BCUT2D eigenvalue weighted by Gasteiger charge is -2.04. The van der Waals surface area contributed by atoms with Crippen molar-refractivity contribution in [3.8, 4) is 0 Å². The Morgan fingerprint density at radius 1 is 1.54 bits per heavy atom. The van der Waals surface area contributed by atoms with Gasteiger partial charge in [0.1, 0.15) is 0 Å². The summed E-state index contributed by atoms with van der Waals surface area (Å²) < 4.78 is 0. The molecule has 0 N–H and O–H groups in total. The Morgan fingerprint density at radius 3 is 2.92 bits per heavy atom. The highest BCUT2D eigenvalue weighted by molar-refractivity contribution is 7.44. The summed E-state index contributed by atoms with van der Waals surface area (Å²) in [6, 6.07) is 0. The summed E-state index contributed by atoms with van der Waals surface area (Å²) in [5.41, 5.74) is 1.61. The first-order valence-electron chi connectivity index (χ1n) is 5.16. The minimum Gasteiger partial charge on any atom is -0.0945 e. The molecule has 1 rings (SSSR count). The van der Waals surface area contributed by atoms with E-state index in [0.29, 0.717) is 0 Å². The van der Waals surface area contributed by atoms with Crippen LogP contribution in [-0.2, 0) is 0 Å². The van der Waals surface area contributed by atoms with Crippen molar-refractivity contribution in [3.63, 3.8) is 0 Å². The quantitative estimate of drug-likeness (QED) is 0.584. The highest BCUT2D eigenvalue weighted by atomic mass is 31.1. The zero-order chi connectivity index (χ0) is 9.68. The number of rotatable bonds is 3. The highest BCUT2D eigenvalue weighted by Crippen LogP contribution is 2.28. The third kappa shape index (κ3) is 3.12. The van der Waals surface area contributed by atoms with Crippen molar-refractivity contribution in [2.24, 2.45) is 5.92 Å². The minimum absolute atomic E-state index is 0.739. The lowest BCUT2D eigenvalue weighted by atomic mass is 10.0. The van der Waals surface area contributed by atoms with E-state index in [-0.39, 0.29) is 0 Å². The van der Waals surface area contributed by atoms with Crippen molar-refractivity contribution < 1.29 is 0 Å². The summed E-state index contributed by atoms with van der Waals surface area (Å²) in [5, 5.41) is 1.61. The fraction of sp³-hybridized carbons (Fsp3) is 0.583. The van der Waals surface area contributed by atoms with Gasteiger partial charge in [-0.25, -0.2) is 0 Å². The second kappa shape index (κ2) is 5.40. The van der Waals surface area contributed by atoms with Crippen LogP contribution in [0.25, 0.3) is 0 Å². The maximum atomic E-state index is 3.80. The van der Waals surface area contributed by atoms with Crippen LogP contribution in [0.15, 0.2) is 24.0 Å². The first kappa shape index (κ1) is 10.7. The van der Waals surface area contributed by atoms with Gasteiger partial charge in [0, 0.05) is 0 Å². The zero-order valence-electron chi connectivity index (χ0n) is 8.71. The fourth-order valence-electron chi connectivity index (χ4n) is 1.65. The molecule has 72 valence electrons. The molecule has 1 aliphatic rings. The van der Waals surface area contributed by atoms with E-state index in [2.05, 4.69) is 26.5 Å². The van der Waals surface area contributed by atoms with E-state index < -0.39 is 0 Å². The largest absolute Gasteiger partial charge is 0.0945 e. The molecule has 1 saturated carbocycles. The molecule has 1 atom stereocenters. The maximum absolute atomic E-state index is 3.80. The predicted octanol–water partition coefficient (Wildman–Crippen LogP) is 4.40. The van der Waals surface area contributed by atoms with Crippen LogP contribution in [0.3, 0.4) is 0 Å². The van der Waals surface area contributed by atoms with Crippen molar-refractivity contribution in [3.05, 3.63) is 24.0 Å². The lowest BCUT2D eigenvalue weighted by molar-refractivity contribution is 0.693. The summed E-state index contributed by atoms with van der Waals surface area (Å²) in [6.45, 7) is 8.35. The average Bonchev–Trinajstić information content (AvgIpc) is 2.54. The van der Waals surface area contributed by atoms with Gasteiger partial charge in [-0.15, -0.1) is 0 Å². The van der Waals surface area contributed by atoms with Crippen molar-refractivity contribution in [1.82, 2.24) is 0 Å². The standard InChI is InChI=1S/C12H19P/c1-4-10(3)9-11-7-6-8-12(11)13-5-2/h5,9-10H,2,4,6-8H2,1,3H3/b11-9-. The van der Waals surface area contributed by atoms with Crippen LogP contribution in [0.4, 0.5) is 0 Å². The lowest BCUT2D eigenvalue weighted by Crippen LogP contribution is -1.94. The molecule has 0 saturated heterocycles. The first-order chi connectivity index (χ1) is 6.27. The van der Waals surface area contributed by atoms with Gasteiger partial charge >= 0.3 is 0 Å². The molecular formula is C12H19P. The van der Waals surface area contributed by atoms with E-state index in [1.807, 2.05) is 5.82 Å². The Labute approximate surface area is 83.5 Å². The zero-order valence-corrected chi connectivity index (χ0v) is 9.61. The van der Waals surface area contributed by atoms with Gasteiger partial charge < -0.3 is 0 Å². The Balaban J connectivity index is 2.73. The van der Waals surface area contributed by atoms with Crippen LogP contribution >= 0.6 is 8.20 Å². The molecule has 13 heavy (non-hydrogen) atoms. The van der Waals surface area contributed by atoms with Gasteiger partial charge in [-0.3, -0.25) is 0 Å². The SMILES string of the molecule is C=C/P=C1/CCC/C1=C/C(C)CC. The van der Waals surface area contributed by atoms with Crippen LogP contribution in [0, 0.1) is 5.92 Å². The summed E-state index contributed by atoms with van der Waals surface area (Å²) >= 11 is 0. The highest BCUT2D eigenvalue weighted by Gasteiger charge is 2.13. The average molecular weight is 194 g/mol. The third-order valence-electron chi connectivity index (χ3n) is 2.61. The predicted molar refractivity (Wildman–Crippen MR) is 63.5 cm³/mol. The molecule has 0 radical (unpaired) electrons. The fourth-order valence-corrected chi connectivity index (χ4v) is 2.51. The molecule has 0 amide bonds. The Kier molecular flexibility index (Phi) is 4.45. The van der Waals surface area contributed by atoms with Gasteiger partial charge in [0.15, 0.2) is 0 Å². The topological polar surface area (TPSA) is 0 Å². The number of hydrogen-bond acceptors (Lipinski definition) is 0. The smallest absolute Gasteiger partial charge is 0.0177 e. The normalized spacial score (nSPS) is 25.4. The number of allylic oxidation sites excluding steroid dienone is 2. The molecule has 0 bridgehead atoms. The van der Waals surface area contributed by atoms with E-state index in [1.54, 1.807) is 10.9 Å². The second-order valence-corrected chi connectivity index (χ2v) is 4.85. The van der Waals surface area contributed by atoms with Crippen LogP contribution in [0.1, 0.15) is 39.5 Å². The van der Waals surface area contributed by atoms with Crippen molar-refractivity contribution in [2.45, 2.75) is 39.5 Å². The van der Waals surface area contributed by atoms with Crippen molar-refractivity contribution in [2.75, 3.05) is 0 Å². The van der Waals surface area contributed by atoms with E-state index in [4.69, 9.17) is 0 Å². The molecule has 1 unspecified atom stereocenters. The van der Waals surface area contributed by atoms with Crippen LogP contribution < -0.4 is 0 Å². The molecule has 1 aliphatic carbocycles. The van der Waals surface area contributed by atoms with E-state index >= 15 is 0 Å². The number of hydrogen-bond donors (Lipinski definition) is 0. The second-order valence-electron chi connectivity index (χ2n) is 3.69. The van der Waals surface area contributed by atoms with E-state index in [1.165, 1.54) is 33.9 Å². The molecule has 1 heteroatoms. The summed E-state index contributed by atoms with van der Waals surface area (Å²) in [7, 11) is 1.34. The summed E-state index contributed by atoms with van der Waals surface area (Å²) in [6.07, 6.45) is 7.63. The Hall–Kier alpha value is -0.350. The van der Waals surface area contributed by atoms with E-state index in [9.17, 15) is 0 Å². The Morgan fingerprint density at radius 2 is 2.31 bits per heavy atom. The molecule has 1 fully saturated rings. The molecule has 0 spiro atoms. The molecule has 0 aromatic carbocycles. The van der Waals surface area contributed by atoms with Crippen molar-refractivity contribution in [1.29, 1.82) is 0 Å². The monoisotopic (exact) mass is 194 g/mol. The summed E-state index contributed by atoms with van der Waals surface area (Å²) in [4.78, 5) is 0. The molecular weight excluding hydrogens is 175 g/mol. The van der Waals surface area contributed by atoms with Gasteiger partial charge in [0.05, 0.1) is 0 Å². The molecule has 0 nitrogen and oxygen atoms in total. The maximum Gasteiger partial charge on any atom is -0.0177 e. The molecule has 0 aromatic rings. The van der Waals surface area contributed by atoms with Gasteiger partial charge in [0.25, 0.3) is 0 Å². The van der Waals surface area contributed by atoms with Gasteiger partial charge in [0.2, 0.25) is 0 Å². The van der Waals surface area contributed by atoms with Gasteiger partial charge in [-0.05, 0) is 41.9 Å². The van der Waals surface area contributed by atoms with Crippen LogP contribution in [0.2, 0.25) is 0 Å². The first-order valence-corrected chi connectivity index (χ1v) is 6.13. The van der Waals surface area contributed by atoms with Crippen molar-refractivity contribution >= 4 is 13.5 Å². The summed E-state index contributed by atoms with van der Waals surface area (Å²) in [5.74, 6) is 2.74. The molecule has 0 aromatic heterocycles. The van der Waals surface area contributed by atoms with Gasteiger partial charge in [-0.1, -0.05) is 41.1 Å². The Bertz CT molecular complexity index is 236. The van der Waals surface area contributed by atoms with Crippen LogP contribution in [0.5, 0.6) is 0 Å². The molecule has 0 aliphatic heterocycles. The van der Waals surface area contributed by atoms with Crippen LogP contribution in [-0.4, -0.2) is 5.29 Å². The van der Waals surface area contributed by atoms with Gasteiger partial charge in [-0.2, -0.15) is 0 Å². The third-order valence-corrected chi connectivity index (χ3v) is 3.61. The molecule has 0 heterocycles. The minimum atomic E-state index is 0.739.